The molecule has 0 radical (unpaired) electrons. The Hall–Kier alpha value is -1.63. The molecule has 6 nitrogen and oxygen atoms in total. The van der Waals surface area contributed by atoms with Crippen LogP contribution < -0.4 is 10.6 Å². The summed E-state index contributed by atoms with van der Waals surface area (Å²) in [4.78, 5) is 26.4. The van der Waals surface area contributed by atoms with Gasteiger partial charge in [0.25, 0.3) is 0 Å². The highest BCUT2D eigenvalue weighted by Crippen LogP contribution is 2.17. The summed E-state index contributed by atoms with van der Waals surface area (Å²) in [6, 6.07) is 1.47. The lowest BCUT2D eigenvalue weighted by atomic mass is 10.2. The van der Waals surface area contributed by atoms with Crippen LogP contribution in [0.5, 0.6) is 0 Å². The van der Waals surface area contributed by atoms with Gasteiger partial charge in [0.15, 0.2) is 0 Å². The Kier molecular flexibility index (Phi) is 6.27. The van der Waals surface area contributed by atoms with Crippen LogP contribution >= 0.6 is 15.9 Å². The fourth-order valence-electron chi connectivity index (χ4n) is 1.39. The molecule has 0 atom stereocenters. The van der Waals surface area contributed by atoms with E-state index in [1.165, 1.54) is 12.3 Å². The number of nitrogens with zero attached hydrogens (tertiary/aromatic N) is 1. The Morgan fingerprint density at radius 1 is 1.42 bits per heavy atom. The number of hydrogen-bond acceptors (Lipinski definition) is 4. The van der Waals surface area contributed by atoms with Crippen LogP contribution in [0.1, 0.15) is 30.1 Å². The molecule has 1 rings (SSSR count). The van der Waals surface area contributed by atoms with Gasteiger partial charge < -0.3 is 15.7 Å². The molecule has 3 N–H and O–H groups in total. The third-order valence-corrected chi connectivity index (χ3v) is 2.74. The van der Waals surface area contributed by atoms with E-state index in [9.17, 15) is 9.59 Å². The van der Waals surface area contributed by atoms with Crippen LogP contribution in [0.4, 0.5) is 5.82 Å². The molecular formula is C12H16BrN3O3. The van der Waals surface area contributed by atoms with E-state index in [0.717, 1.165) is 6.42 Å². The highest BCUT2D eigenvalue weighted by molar-refractivity contribution is 9.10. The number of carbonyl (C=O) groups is 2. The van der Waals surface area contributed by atoms with E-state index < -0.39 is 5.97 Å². The zero-order valence-electron chi connectivity index (χ0n) is 10.6. The highest BCUT2D eigenvalue weighted by atomic mass is 79.9. The average Bonchev–Trinajstić information content (AvgIpc) is 2.37. The number of anilines is 1. The summed E-state index contributed by atoms with van der Waals surface area (Å²) in [6.45, 7) is 2.96. The molecule has 0 saturated heterocycles. The van der Waals surface area contributed by atoms with Gasteiger partial charge in [-0.1, -0.05) is 6.92 Å². The summed E-state index contributed by atoms with van der Waals surface area (Å²) in [6.07, 6.45) is 2.67. The number of halogens is 1. The van der Waals surface area contributed by atoms with Crippen LogP contribution in [0.2, 0.25) is 0 Å². The van der Waals surface area contributed by atoms with E-state index in [1.54, 1.807) is 0 Å². The largest absolute Gasteiger partial charge is 0.478 e. The first-order chi connectivity index (χ1) is 9.04. The maximum absolute atomic E-state index is 11.4. The Morgan fingerprint density at radius 3 is 2.79 bits per heavy atom. The van der Waals surface area contributed by atoms with E-state index in [2.05, 4.69) is 31.5 Å². The second kappa shape index (κ2) is 7.73. The summed E-state index contributed by atoms with van der Waals surface area (Å²) < 4.78 is 0.594. The van der Waals surface area contributed by atoms with Crippen molar-refractivity contribution < 1.29 is 14.7 Å². The van der Waals surface area contributed by atoms with Crippen LogP contribution in [0.3, 0.4) is 0 Å². The molecule has 1 amide bonds. The molecule has 0 fully saturated rings. The van der Waals surface area contributed by atoms with Crippen LogP contribution in [0.25, 0.3) is 0 Å². The first-order valence-corrected chi connectivity index (χ1v) is 6.73. The second-order valence-corrected chi connectivity index (χ2v) is 4.80. The van der Waals surface area contributed by atoms with Crippen molar-refractivity contribution in [2.45, 2.75) is 19.8 Å². The quantitative estimate of drug-likeness (QED) is 0.710. The maximum atomic E-state index is 11.4. The molecular weight excluding hydrogens is 314 g/mol. The molecule has 0 bridgehead atoms. The van der Waals surface area contributed by atoms with Crippen molar-refractivity contribution in [2.75, 3.05) is 18.4 Å². The van der Waals surface area contributed by atoms with Gasteiger partial charge in [-0.05, 0) is 28.4 Å². The minimum atomic E-state index is -1.06. The minimum absolute atomic E-state index is 0.0664. The smallest absolute Gasteiger partial charge is 0.339 e. The fourth-order valence-corrected chi connectivity index (χ4v) is 1.72. The third-order valence-electron chi connectivity index (χ3n) is 2.30. The van der Waals surface area contributed by atoms with Crippen molar-refractivity contribution in [3.8, 4) is 0 Å². The molecule has 0 aliphatic carbocycles. The fraction of sp³-hybridized carbons (Fsp3) is 0.417. The van der Waals surface area contributed by atoms with Crippen molar-refractivity contribution in [1.29, 1.82) is 0 Å². The standard InChI is InChI=1S/C12H16BrN3O3/c1-2-4-14-10(17)3-5-15-11-9(12(18)19)6-8(13)7-16-11/h6-7H,2-5H2,1H3,(H,14,17)(H,15,16)(H,18,19). The summed E-state index contributed by atoms with van der Waals surface area (Å²) in [5.41, 5.74) is 0.0725. The van der Waals surface area contributed by atoms with Gasteiger partial charge in [0.1, 0.15) is 11.4 Å². The van der Waals surface area contributed by atoms with Gasteiger partial charge in [-0.25, -0.2) is 9.78 Å². The monoisotopic (exact) mass is 329 g/mol. The van der Waals surface area contributed by atoms with Gasteiger partial charge in [0.2, 0.25) is 5.91 Å². The Labute approximate surface area is 119 Å². The number of carboxylic acids is 1. The lowest BCUT2D eigenvalue weighted by Crippen LogP contribution is -2.26. The van der Waals surface area contributed by atoms with E-state index in [0.29, 0.717) is 17.6 Å². The molecule has 19 heavy (non-hydrogen) atoms. The summed E-state index contributed by atoms with van der Waals surface area (Å²) in [7, 11) is 0. The molecule has 0 unspecified atom stereocenters. The summed E-state index contributed by atoms with van der Waals surface area (Å²) in [5, 5.41) is 14.6. The third kappa shape index (κ3) is 5.25. The number of pyridine rings is 1. The number of hydrogen-bond donors (Lipinski definition) is 3. The van der Waals surface area contributed by atoms with Crippen molar-refractivity contribution >= 4 is 33.6 Å². The van der Waals surface area contributed by atoms with E-state index in [1.807, 2.05) is 6.92 Å². The Balaban J connectivity index is 2.53. The lowest BCUT2D eigenvalue weighted by Gasteiger charge is -2.09. The molecule has 1 aromatic heterocycles. The SMILES string of the molecule is CCCNC(=O)CCNc1ncc(Br)cc1C(=O)O. The molecule has 1 aromatic rings. The average molecular weight is 330 g/mol. The van der Waals surface area contributed by atoms with E-state index in [4.69, 9.17) is 5.11 Å². The molecule has 0 saturated carbocycles. The number of aromatic nitrogens is 1. The van der Waals surface area contributed by atoms with E-state index >= 15 is 0 Å². The molecule has 0 aliphatic heterocycles. The number of rotatable bonds is 7. The van der Waals surface area contributed by atoms with Crippen molar-refractivity contribution in [3.05, 3.63) is 22.3 Å². The van der Waals surface area contributed by atoms with Crippen LogP contribution in [-0.2, 0) is 4.79 Å². The number of amides is 1. The zero-order chi connectivity index (χ0) is 14.3. The molecule has 0 aliphatic rings. The minimum Gasteiger partial charge on any atom is -0.478 e. The van der Waals surface area contributed by atoms with Crippen molar-refractivity contribution in [2.24, 2.45) is 0 Å². The Morgan fingerprint density at radius 2 is 2.16 bits per heavy atom. The predicted molar refractivity (Wildman–Crippen MR) is 75.3 cm³/mol. The number of carbonyl (C=O) groups excluding carboxylic acids is 1. The molecule has 7 heteroatoms. The normalized spacial score (nSPS) is 10.0. The number of aromatic carboxylic acids is 1. The molecule has 1 heterocycles. The van der Waals surface area contributed by atoms with Crippen LogP contribution in [0, 0.1) is 0 Å². The van der Waals surface area contributed by atoms with Gasteiger partial charge in [-0.2, -0.15) is 0 Å². The lowest BCUT2D eigenvalue weighted by molar-refractivity contribution is -0.120. The molecule has 104 valence electrons. The second-order valence-electron chi connectivity index (χ2n) is 3.88. The topological polar surface area (TPSA) is 91.3 Å². The first kappa shape index (κ1) is 15.4. The van der Waals surface area contributed by atoms with Gasteiger partial charge >= 0.3 is 5.97 Å². The summed E-state index contributed by atoms with van der Waals surface area (Å²) >= 11 is 3.17. The van der Waals surface area contributed by atoms with Gasteiger partial charge in [-0.3, -0.25) is 4.79 Å². The van der Waals surface area contributed by atoms with Crippen molar-refractivity contribution in [3.63, 3.8) is 0 Å². The predicted octanol–water partition coefficient (Wildman–Crippen LogP) is 1.87. The van der Waals surface area contributed by atoms with Crippen molar-refractivity contribution in [1.82, 2.24) is 10.3 Å². The molecule has 0 aromatic carbocycles. The van der Waals surface area contributed by atoms with Gasteiger partial charge in [-0.15, -0.1) is 0 Å². The van der Waals surface area contributed by atoms with E-state index in [-0.39, 0.29) is 23.7 Å². The first-order valence-electron chi connectivity index (χ1n) is 5.94. The molecule has 0 spiro atoms. The van der Waals surface area contributed by atoms with Gasteiger partial charge in [0.05, 0.1) is 0 Å². The number of carboxylic acid groups (broad SMARTS) is 1. The maximum Gasteiger partial charge on any atom is 0.339 e. The Bertz CT molecular complexity index is 466. The van der Waals surface area contributed by atoms with Gasteiger partial charge in [0, 0.05) is 30.2 Å². The number of nitrogens with one attached hydrogen (secondary N) is 2. The zero-order valence-corrected chi connectivity index (χ0v) is 12.2. The van der Waals surface area contributed by atoms with Crippen LogP contribution in [0.15, 0.2) is 16.7 Å². The highest BCUT2D eigenvalue weighted by Gasteiger charge is 2.12. The summed E-state index contributed by atoms with van der Waals surface area (Å²) in [5.74, 6) is -0.867. The van der Waals surface area contributed by atoms with Crippen LogP contribution in [-0.4, -0.2) is 35.1 Å².